The zero-order chi connectivity index (χ0) is 13.8. The molecule has 104 valence electrons. The van der Waals surface area contributed by atoms with Crippen LogP contribution in [0.4, 0.5) is 4.79 Å². The van der Waals surface area contributed by atoms with Crippen molar-refractivity contribution in [1.29, 1.82) is 0 Å². The lowest BCUT2D eigenvalue weighted by Gasteiger charge is -2.21. The second-order valence-corrected chi connectivity index (χ2v) is 4.95. The summed E-state index contributed by atoms with van der Waals surface area (Å²) >= 11 is 0. The third-order valence-corrected chi connectivity index (χ3v) is 3.50. The first-order chi connectivity index (χ1) is 9.08. The Bertz CT molecular complexity index is 415. The number of imide groups is 1. The number of carbonyl (C=O) groups is 3. The maximum atomic E-state index is 11.8. The molecule has 2 rings (SSSR count). The normalized spacial score (nSPS) is 20.9. The maximum absolute atomic E-state index is 11.8. The smallest absolute Gasteiger partial charge is 0.325 e. The Morgan fingerprint density at radius 3 is 2.84 bits per heavy atom. The zero-order valence-corrected chi connectivity index (χ0v) is 11.1. The Hall–Kier alpha value is -1.85. The molecular formula is C13H19N3O3. The van der Waals surface area contributed by atoms with Gasteiger partial charge in [-0.15, -0.1) is 0 Å². The van der Waals surface area contributed by atoms with E-state index in [0.717, 1.165) is 24.2 Å². The first-order valence-corrected chi connectivity index (χ1v) is 6.64. The van der Waals surface area contributed by atoms with Gasteiger partial charge < -0.3 is 10.6 Å². The topological polar surface area (TPSA) is 78.5 Å². The molecule has 0 aromatic rings. The van der Waals surface area contributed by atoms with E-state index in [9.17, 15) is 14.4 Å². The van der Waals surface area contributed by atoms with Gasteiger partial charge in [0.15, 0.2) is 0 Å². The first kappa shape index (κ1) is 13.6. The van der Waals surface area contributed by atoms with E-state index >= 15 is 0 Å². The molecular weight excluding hydrogens is 246 g/mol. The number of amides is 4. The third kappa shape index (κ3) is 3.33. The highest BCUT2D eigenvalue weighted by Gasteiger charge is 2.30. The van der Waals surface area contributed by atoms with Gasteiger partial charge in [0.25, 0.3) is 5.91 Å². The van der Waals surface area contributed by atoms with Crippen LogP contribution in [0.25, 0.3) is 0 Å². The van der Waals surface area contributed by atoms with E-state index < -0.39 is 6.03 Å². The Labute approximate surface area is 112 Å². The monoisotopic (exact) mass is 265 g/mol. The molecule has 4 amide bonds. The minimum Gasteiger partial charge on any atom is -0.348 e. The summed E-state index contributed by atoms with van der Waals surface area (Å²) in [6.45, 7) is 1.70. The molecule has 0 aromatic carbocycles. The summed E-state index contributed by atoms with van der Waals surface area (Å²) in [6, 6.07) is -0.529. The number of rotatable bonds is 4. The molecule has 6 heteroatoms. The van der Waals surface area contributed by atoms with E-state index in [2.05, 4.69) is 16.7 Å². The van der Waals surface area contributed by atoms with Gasteiger partial charge in [0, 0.05) is 6.04 Å². The molecule has 1 unspecified atom stereocenters. The highest BCUT2D eigenvalue weighted by Crippen LogP contribution is 2.20. The summed E-state index contributed by atoms with van der Waals surface area (Å²) in [6.07, 6.45) is 6.58. The van der Waals surface area contributed by atoms with Crippen LogP contribution in [-0.4, -0.2) is 41.9 Å². The lowest BCUT2D eigenvalue weighted by Crippen LogP contribution is -2.44. The fraction of sp³-hybridized carbons (Fsp3) is 0.615. The summed E-state index contributed by atoms with van der Waals surface area (Å²) in [5, 5.41) is 5.22. The van der Waals surface area contributed by atoms with E-state index in [4.69, 9.17) is 0 Å². The van der Waals surface area contributed by atoms with Crippen molar-refractivity contribution in [2.75, 3.05) is 13.1 Å². The standard InChI is InChI=1S/C13H19N3O3/c1-9(10-5-3-2-4-6-10)15-11(17)8-16-12(18)7-14-13(16)19/h5,9H,2-4,6-8H2,1H3,(H,14,19)(H,15,17). The van der Waals surface area contributed by atoms with Crippen LogP contribution in [-0.2, 0) is 9.59 Å². The van der Waals surface area contributed by atoms with Gasteiger partial charge in [0.2, 0.25) is 5.91 Å². The Morgan fingerprint density at radius 1 is 1.47 bits per heavy atom. The van der Waals surface area contributed by atoms with Crippen LogP contribution in [0.5, 0.6) is 0 Å². The number of carbonyl (C=O) groups excluding carboxylic acids is 3. The quantitative estimate of drug-likeness (QED) is 0.575. The van der Waals surface area contributed by atoms with Crippen molar-refractivity contribution in [3.05, 3.63) is 11.6 Å². The summed E-state index contributed by atoms with van der Waals surface area (Å²) in [5.74, 6) is -0.658. The molecule has 1 heterocycles. The van der Waals surface area contributed by atoms with E-state index in [-0.39, 0.29) is 30.9 Å². The van der Waals surface area contributed by atoms with Crippen LogP contribution >= 0.6 is 0 Å². The van der Waals surface area contributed by atoms with Crippen LogP contribution in [0, 0.1) is 0 Å². The average Bonchev–Trinajstić information content (AvgIpc) is 2.71. The van der Waals surface area contributed by atoms with Crippen molar-refractivity contribution >= 4 is 17.8 Å². The van der Waals surface area contributed by atoms with Gasteiger partial charge in [0.1, 0.15) is 6.54 Å². The molecule has 0 spiro atoms. The van der Waals surface area contributed by atoms with Gasteiger partial charge in [-0.3, -0.25) is 14.5 Å². The maximum Gasteiger partial charge on any atom is 0.325 e. The van der Waals surface area contributed by atoms with Crippen molar-refractivity contribution in [1.82, 2.24) is 15.5 Å². The Kier molecular flexibility index (Phi) is 4.19. The van der Waals surface area contributed by atoms with Crippen molar-refractivity contribution in [2.45, 2.75) is 38.6 Å². The van der Waals surface area contributed by atoms with E-state index in [1.54, 1.807) is 0 Å². The van der Waals surface area contributed by atoms with E-state index in [1.807, 2.05) is 6.92 Å². The van der Waals surface area contributed by atoms with Gasteiger partial charge in [-0.05, 0) is 32.6 Å². The van der Waals surface area contributed by atoms with Gasteiger partial charge >= 0.3 is 6.03 Å². The van der Waals surface area contributed by atoms with E-state index in [1.165, 1.54) is 12.0 Å². The van der Waals surface area contributed by atoms with Crippen LogP contribution in [0.2, 0.25) is 0 Å². The fourth-order valence-electron chi connectivity index (χ4n) is 2.40. The van der Waals surface area contributed by atoms with Crippen LogP contribution in [0.15, 0.2) is 11.6 Å². The second kappa shape index (κ2) is 5.86. The summed E-state index contributed by atoms with van der Waals surface area (Å²) in [4.78, 5) is 35.4. The zero-order valence-electron chi connectivity index (χ0n) is 11.1. The molecule has 0 aromatic heterocycles. The van der Waals surface area contributed by atoms with Crippen LogP contribution < -0.4 is 10.6 Å². The molecule has 6 nitrogen and oxygen atoms in total. The molecule has 0 radical (unpaired) electrons. The van der Waals surface area contributed by atoms with Crippen LogP contribution in [0.1, 0.15) is 32.6 Å². The predicted molar refractivity (Wildman–Crippen MR) is 69.3 cm³/mol. The predicted octanol–water partition coefficient (Wildman–Crippen LogP) is 0.543. The molecule has 1 aliphatic carbocycles. The third-order valence-electron chi connectivity index (χ3n) is 3.50. The van der Waals surface area contributed by atoms with Crippen molar-refractivity contribution in [3.8, 4) is 0 Å². The highest BCUT2D eigenvalue weighted by molar-refractivity contribution is 6.04. The van der Waals surface area contributed by atoms with Crippen LogP contribution in [0.3, 0.4) is 0 Å². The molecule has 0 saturated carbocycles. The number of hydrogen-bond acceptors (Lipinski definition) is 3. The largest absolute Gasteiger partial charge is 0.348 e. The molecule has 1 saturated heterocycles. The number of hydrogen-bond donors (Lipinski definition) is 2. The highest BCUT2D eigenvalue weighted by atomic mass is 16.2. The van der Waals surface area contributed by atoms with Gasteiger partial charge in [-0.1, -0.05) is 11.6 Å². The SMILES string of the molecule is CC(NC(=O)CN1C(=O)CNC1=O)C1=CCCCC1. The van der Waals surface area contributed by atoms with Gasteiger partial charge in [0.05, 0.1) is 6.54 Å². The number of allylic oxidation sites excluding steroid dienone is 1. The Balaban J connectivity index is 1.85. The molecule has 2 N–H and O–H groups in total. The molecule has 19 heavy (non-hydrogen) atoms. The lowest BCUT2D eigenvalue weighted by atomic mass is 9.95. The van der Waals surface area contributed by atoms with Crippen molar-refractivity contribution < 1.29 is 14.4 Å². The van der Waals surface area contributed by atoms with Crippen molar-refractivity contribution in [2.24, 2.45) is 0 Å². The molecule has 1 atom stereocenters. The first-order valence-electron chi connectivity index (χ1n) is 6.64. The lowest BCUT2D eigenvalue weighted by molar-refractivity contribution is -0.130. The molecule has 0 bridgehead atoms. The summed E-state index contributed by atoms with van der Waals surface area (Å²) in [5.41, 5.74) is 1.23. The molecule has 1 aliphatic heterocycles. The summed E-state index contributed by atoms with van der Waals surface area (Å²) in [7, 11) is 0. The second-order valence-electron chi connectivity index (χ2n) is 4.95. The minimum absolute atomic E-state index is 0.0210. The average molecular weight is 265 g/mol. The Morgan fingerprint density at radius 2 is 2.26 bits per heavy atom. The van der Waals surface area contributed by atoms with Gasteiger partial charge in [-0.2, -0.15) is 0 Å². The minimum atomic E-state index is -0.496. The number of nitrogens with zero attached hydrogens (tertiary/aromatic N) is 1. The van der Waals surface area contributed by atoms with Gasteiger partial charge in [-0.25, -0.2) is 4.79 Å². The summed E-state index contributed by atoms with van der Waals surface area (Å²) < 4.78 is 0. The molecule has 1 fully saturated rings. The number of urea groups is 1. The van der Waals surface area contributed by atoms with E-state index in [0.29, 0.717) is 0 Å². The fourth-order valence-corrected chi connectivity index (χ4v) is 2.40. The number of nitrogens with one attached hydrogen (secondary N) is 2. The van der Waals surface area contributed by atoms with Crippen molar-refractivity contribution in [3.63, 3.8) is 0 Å². The molecule has 2 aliphatic rings.